The van der Waals surface area contributed by atoms with Crippen LogP contribution in [0.2, 0.25) is 0 Å². The van der Waals surface area contributed by atoms with Crippen LogP contribution >= 0.6 is 0 Å². The molecule has 1 unspecified atom stereocenters. The van der Waals surface area contributed by atoms with Crippen molar-refractivity contribution < 1.29 is 20.1 Å². The predicted octanol–water partition coefficient (Wildman–Crippen LogP) is 2.00. The molecule has 26 heavy (non-hydrogen) atoms. The molecule has 1 heterocycles. The zero-order chi connectivity index (χ0) is 18.5. The molecule has 1 atom stereocenters. The Kier molecular flexibility index (Phi) is 5.31. The Labute approximate surface area is 150 Å². The molecule has 7 heteroatoms. The van der Waals surface area contributed by atoms with E-state index >= 15 is 0 Å². The highest BCUT2D eigenvalue weighted by molar-refractivity contribution is 5.87. The van der Waals surface area contributed by atoms with Crippen molar-refractivity contribution in [2.45, 2.75) is 6.10 Å². The van der Waals surface area contributed by atoms with Crippen LogP contribution in [-0.2, 0) is 0 Å². The summed E-state index contributed by atoms with van der Waals surface area (Å²) in [5, 5.41) is 34.7. The fourth-order valence-electron chi connectivity index (χ4n) is 2.52. The van der Waals surface area contributed by atoms with Gasteiger partial charge >= 0.3 is 5.97 Å². The molecular weight excluding hydrogens is 334 g/mol. The van der Waals surface area contributed by atoms with Gasteiger partial charge in [-0.05, 0) is 30.3 Å². The van der Waals surface area contributed by atoms with Crippen LogP contribution < -0.4 is 5.32 Å². The Morgan fingerprint density at radius 3 is 2.42 bits per heavy atom. The second-order valence-corrected chi connectivity index (χ2v) is 5.76. The third-order valence-electron chi connectivity index (χ3n) is 3.86. The zero-order valence-corrected chi connectivity index (χ0v) is 13.9. The Morgan fingerprint density at radius 2 is 1.81 bits per heavy atom. The molecule has 0 radical (unpaired) electrons. The Balaban J connectivity index is 1.92. The molecule has 0 saturated heterocycles. The highest BCUT2D eigenvalue weighted by Crippen LogP contribution is 2.24. The number of carboxylic acids is 1. The normalized spacial score (nSPS) is 11.9. The molecule has 0 aliphatic carbocycles. The van der Waals surface area contributed by atoms with Gasteiger partial charge in [0.15, 0.2) is 5.69 Å². The lowest BCUT2D eigenvalue weighted by Gasteiger charge is -2.12. The Morgan fingerprint density at radius 1 is 1.12 bits per heavy atom. The lowest BCUT2D eigenvalue weighted by molar-refractivity contribution is 0.0690. The quantitative estimate of drug-likeness (QED) is 0.517. The van der Waals surface area contributed by atoms with Crippen LogP contribution in [0, 0.1) is 0 Å². The number of aliphatic hydroxyl groups is 2. The van der Waals surface area contributed by atoms with Crippen molar-refractivity contribution in [2.75, 3.05) is 18.5 Å². The summed E-state index contributed by atoms with van der Waals surface area (Å²) < 4.78 is 1.59. The van der Waals surface area contributed by atoms with E-state index in [-0.39, 0.29) is 18.8 Å². The molecule has 1 aromatic heterocycles. The highest BCUT2D eigenvalue weighted by atomic mass is 16.4. The molecule has 134 valence electrons. The smallest absolute Gasteiger partial charge is 0.356 e. The van der Waals surface area contributed by atoms with E-state index in [4.69, 9.17) is 5.11 Å². The van der Waals surface area contributed by atoms with Crippen LogP contribution in [0.15, 0.2) is 60.7 Å². The summed E-state index contributed by atoms with van der Waals surface area (Å²) in [5.41, 5.74) is 3.00. The van der Waals surface area contributed by atoms with E-state index in [1.165, 1.54) is 0 Å². The molecule has 0 spiro atoms. The first kappa shape index (κ1) is 17.7. The van der Waals surface area contributed by atoms with Gasteiger partial charge in [0.25, 0.3) is 0 Å². The first-order chi connectivity index (χ1) is 12.6. The van der Waals surface area contributed by atoms with Gasteiger partial charge in [0, 0.05) is 17.8 Å². The number of benzene rings is 2. The summed E-state index contributed by atoms with van der Waals surface area (Å²) in [4.78, 5) is 11.3. The molecular formula is C19H19N3O4. The van der Waals surface area contributed by atoms with Gasteiger partial charge in [-0.15, -0.1) is 0 Å². The number of carboxylic acid groups (broad SMARTS) is 1. The number of nitrogens with one attached hydrogen (secondary N) is 1. The number of aliphatic hydroxyl groups excluding tert-OH is 2. The number of rotatable bonds is 7. The first-order valence-corrected chi connectivity index (χ1v) is 8.10. The van der Waals surface area contributed by atoms with Crippen LogP contribution in [0.3, 0.4) is 0 Å². The van der Waals surface area contributed by atoms with Crippen molar-refractivity contribution in [2.24, 2.45) is 0 Å². The van der Waals surface area contributed by atoms with Gasteiger partial charge < -0.3 is 20.6 Å². The molecule has 0 saturated carbocycles. The first-order valence-electron chi connectivity index (χ1n) is 8.10. The van der Waals surface area contributed by atoms with Gasteiger partial charge in [0.2, 0.25) is 0 Å². The van der Waals surface area contributed by atoms with E-state index in [0.29, 0.717) is 11.4 Å². The largest absolute Gasteiger partial charge is 0.476 e. The van der Waals surface area contributed by atoms with Crippen molar-refractivity contribution in [3.05, 3.63) is 66.4 Å². The maximum absolute atomic E-state index is 11.3. The number of hydrogen-bond donors (Lipinski definition) is 4. The van der Waals surface area contributed by atoms with Gasteiger partial charge in [-0.25, -0.2) is 9.48 Å². The molecule has 3 rings (SSSR count). The topological polar surface area (TPSA) is 108 Å². The van der Waals surface area contributed by atoms with E-state index in [2.05, 4.69) is 10.4 Å². The summed E-state index contributed by atoms with van der Waals surface area (Å²) in [6, 6.07) is 18.2. The number of hydrogen-bond acceptors (Lipinski definition) is 5. The standard InChI is InChI=1S/C19H19N3O4/c23-12-16(24)11-20-14-6-8-15(9-7-14)22-18(10-17(21-22)19(25)26)13-4-2-1-3-5-13/h1-10,16,20,23-24H,11-12H2,(H,25,26). The average molecular weight is 353 g/mol. The SMILES string of the molecule is O=C(O)c1cc(-c2ccccc2)n(-c2ccc(NCC(O)CO)cc2)n1. The fourth-order valence-corrected chi connectivity index (χ4v) is 2.52. The van der Waals surface area contributed by atoms with Crippen LogP contribution in [-0.4, -0.2) is 50.3 Å². The van der Waals surface area contributed by atoms with Crippen molar-refractivity contribution in [1.29, 1.82) is 0 Å². The summed E-state index contributed by atoms with van der Waals surface area (Å²) in [6.45, 7) is -0.0766. The van der Waals surface area contributed by atoms with Gasteiger partial charge in [0.05, 0.1) is 24.1 Å². The lowest BCUT2D eigenvalue weighted by atomic mass is 10.1. The molecule has 0 amide bonds. The van der Waals surface area contributed by atoms with Gasteiger partial charge in [0.1, 0.15) is 0 Å². The molecule has 0 bridgehead atoms. The van der Waals surface area contributed by atoms with E-state index < -0.39 is 12.1 Å². The molecule has 7 nitrogen and oxygen atoms in total. The monoisotopic (exact) mass is 353 g/mol. The number of carbonyl (C=O) groups is 1. The molecule has 3 aromatic rings. The highest BCUT2D eigenvalue weighted by Gasteiger charge is 2.15. The summed E-state index contributed by atoms with van der Waals surface area (Å²) in [5.74, 6) is -1.09. The molecule has 0 fully saturated rings. The third-order valence-corrected chi connectivity index (χ3v) is 3.86. The maximum atomic E-state index is 11.3. The van der Waals surface area contributed by atoms with Crippen molar-refractivity contribution in [3.63, 3.8) is 0 Å². The number of anilines is 1. The van der Waals surface area contributed by atoms with Crippen LogP contribution in [0.4, 0.5) is 5.69 Å². The molecule has 0 aliphatic heterocycles. The van der Waals surface area contributed by atoms with Crippen molar-refractivity contribution in [3.8, 4) is 16.9 Å². The minimum atomic E-state index is -1.09. The molecule has 2 aromatic carbocycles. The zero-order valence-electron chi connectivity index (χ0n) is 13.9. The summed E-state index contributed by atoms with van der Waals surface area (Å²) >= 11 is 0. The van der Waals surface area contributed by atoms with Gasteiger partial charge in [-0.1, -0.05) is 30.3 Å². The van der Waals surface area contributed by atoms with Gasteiger partial charge in [-0.2, -0.15) is 5.10 Å². The minimum Gasteiger partial charge on any atom is -0.476 e. The second-order valence-electron chi connectivity index (χ2n) is 5.76. The van der Waals surface area contributed by atoms with Crippen molar-refractivity contribution in [1.82, 2.24) is 9.78 Å². The van der Waals surface area contributed by atoms with E-state index in [0.717, 1.165) is 11.3 Å². The number of aromatic nitrogens is 2. The molecule has 4 N–H and O–H groups in total. The van der Waals surface area contributed by atoms with Crippen LogP contribution in [0.25, 0.3) is 16.9 Å². The van der Waals surface area contributed by atoms with Crippen LogP contribution in [0.1, 0.15) is 10.5 Å². The molecule has 0 aliphatic rings. The van der Waals surface area contributed by atoms with E-state index in [1.54, 1.807) is 35.0 Å². The third kappa shape index (κ3) is 3.90. The average Bonchev–Trinajstić information content (AvgIpc) is 3.13. The maximum Gasteiger partial charge on any atom is 0.356 e. The van der Waals surface area contributed by atoms with Crippen LogP contribution in [0.5, 0.6) is 0 Å². The summed E-state index contributed by atoms with van der Waals surface area (Å²) in [6.07, 6.45) is -0.830. The van der Waals surface area contributed by atoms with Crippen molar-refractivity contribution >= 4 is 11.7 Å². The van der Waals surface area contributed by atoms with Gasteiger partial charge in [-0.3, -0.25) is 0 Å². The van der Waals surface area contributed by atoms with E-state index in [9.17, 15) is 15.0 Å². The van der Waals surface area contributed by atoms with E-state index in [1.807, 2.05) is 30.3 Å². The number of nitrogens with zero attached hydrogens (tertiary/aromatic N) is 2. The predicted molar refractivity (Wildman–Crippen MR) is 97.5 cm³/mol. The summed E-state index contributed by atoms with van der Waals surface area (Å²) in [7, 11) is 0. The Hall–Kier alpha value is -3.16. The second kappa shape index (κ2) is 7.81. The number of aromatic carboxylic acids is 1. The minimum absolute atomic E-state index is 0.0304. The lowest BCUT2D eigenvalue weighted by Crippen LogP contribution is -2.22. The fraction of sp³-hybridized carbons (Fsp3) is 0.158. The Bertz CT molecular complexity index is 876.